The van der Waals surface area contributed by atoms with Crippen molar-refractivity contribution in [1.82, 2.24) is 14.8 Å². The van der Waals surface area contributed by atoms with Crippen molar-refractivity contribution in [3.05, 3.63) is 16.3 Å². The largest absolute Gasteiger partial charge is 0.364 e. The molecule has 1 aromatic rings. The summed E-state index contributed by atoms with van der Waals surface area (Å²) >= 11 is 0. The highest BCUT2D eigenvalue weighted by atomic mass is 16.2. The first-order valence-corrected chi connectivity index (χ1v) is 4.42. The van der Waals surface area contributed by atoms with E-state index in [0.717, 1.165) is 12.8 Å². The zero-order valence-electron chi connectivity index (χ0n) is 7.21. The van der Waals surface area contributed by atoms with E-state index >= 15 is 0 Å². The second-order valence-electron chi connectivity index (χ2n) is 3.40. The topological polar surface area (TPSA) is 50.7 Å². The van der Waals surface area contributed by atoms with Crippen LogP contribution in [0.5, 0.6) is 0 Å². The van der Waals surface area contributed by atoms with Crippen LogP contribution in [0.1, 0.15) is 37.5 Å². The molecule has 0 unspecified atom stereocenters. The van der Waals surface area contributed by atoms with Crippen LogP contribution in [0, 0.1) is 6.92 Å². The van der Waals surface area contributed by atoms with Gasteiger partial charge in [0.2, 0.25) is 0 Å². The summed E-state index contributed by atoms with van der Waals surface area (Å²) in [4.78, 5) is 15.1. The Morgan fingerprint density at radius 1 is 1.50 bits per heavy atom. The molecule has 1 fully saturated rings. The van der Waals surface area contributed by atoms with E-state index in [4.69, 9.17) is 0 Å². The van der Waals surface area contributed by atoms with Gasteiger partial charge in [-0.25, -0.2) is 9.48 Å². The Labute approximate surface area is 70.6 Å². The minimum atomic E-state index is -0.126. The van der Waals surface area contributed by atoms with Gasteiger partial charge in [-0.1, -0.05) is 12.8 Å². The zero-order chi connectivity index (χ0) is 8.55. The van der Waals surface area contributed by atoms with E-state index in [1.165, 1.54) is 12.8 Å². The summed E-state index contributed by atoms with van der Waals surface area (Å²) < 4.78 is 1.67. The molecular weight excluding hydrogens is 154 g/mol. The number of hydrogen-bond acceptors (Lipinski definition) is 2. The molecule has 1 saturated carbocycles. The summed E-state index contributed by atoms with van der Waals surface area (Å²) in [7, 11) is 0. The monoisotopic (exact) mass is 167 g/mol. The van der Waals surface area contributed by atoms with Crippen LogP contribution < -0.4 is 5.69 Å². The second kappa shape index (κ2) is 2.77. The fourth-order valence-corrected chi connectivity index (χ4v) is 1.85. The first kappa shape index (κ1) is 7.58. The fourth-order valence-electron chi connectivity index (χ4n) is 1.85. The predicted molar refractivity (Wildman–Crippen MR) is 45.1 cm³/mol. The molecule has 0 radical (unpaired) electrons. The Morgan fingerprint density at radius 2 is 2.17 bits per heavy atom. The highest BCUT2D eigenvalue weighted by Gasteiger charge is 2.19. The van der Waals surface area contributed by atoms with Gasteiger partial charge in [-0.05, 0) is 19.8 Å². The first-order chi connectivity index (χ1) is 5.77. The van der Waals surface area contributed by atoms with Gasteiger partial charge in [0.1, 0.15) is 5.82 Å². The van der Waals surface area contributed by atoms with E-state index < -0.39 is 0 Å². The van der Waals surface area contributed by atoms with E-state index in [1.54, 1.807) is 4.68 Å². The maximum Gasteiger partial charge on any atom is 0.364 e. The molecule has 0 saturated heterocycles. The number of hydrogen-bond donors (Lipinski definition) is 1. The third-order valence-electron chi connectivity index (χ3n) is 2.44. The molecule has 66 valence electrons. The number of rotatable bonds is 1. The third-order valence-corrected chi connectivity index (χ3v) is 2.44. The Morgan fingerprint density at radius 3 is 2.67 bits per heavy atom. The van der Waals surface area contributed by atoms with Crippen molar-refractivity contribution in [3.8, 4) is 0 Å². The smallest absolute Gasteiger partial charge is 0.281 e. The van der Waals surface area contributed by atoms with E-state index in [1.807, 2.05) is 6.92 Å². The predicted octanol–water partition coefficient (Wildman–Crippen LogP) is 0.995. The van der Waals surface area contributed by atoms with Gasteiger partial charge in [-0.15, -0.1) is 0 Å². The molecule has 4 heteroatoms. The van der Waals surface area contributed by atoms with Gasteiger partial charge in [0.25, 0.3) is 0 Å². The maximum absolute atomic E-state index is 11.2. The molecule has 1 aromatic heterocycles. The van der Waals surface area contributed by atoms with Gasteiger partial charge >= 0.3 is 5.69 Å². The summed E-state index contributed by atoms with van der Waals surface area (Å²) in [5.41, 5.74) is -0.126. The van der Waals surface area contributed by atoms with Crippen LogP contribution in [0.4, 0.5) is 0 Å². The molecule has 1 N–H and O–H groups in total. The van der Waals surface area contributed by atoms with Gasteiger partial charge < -0.3 is 0 Å². The van der Waals surface area contributed by atoms with Crippen LogP contribution in [-0.4, -0.2) is 14.8 Å². The van der Waals surface area contributed by atoms with Gasteiger partial charge in [-0.3, -0.25) is 5.10 Å². The summed E-state index contributed by atoms with van der Waals surface area (Å²) in [6.45, 7) is 1.81. The highest BCUT2D eigenvalue weighted by Crippen LogP contribution is 2.27. The van der Waals surface area contributed by atoms with E-state index in [9.17, 15) is 4.79 Å². The number of aromatic nitrogens is 3. The summed E-state index contributed by atoms with van der Waals surface area (Å²) in [6, 6.07) is 0.374. The van der Waals surface area contributed by atoms with Crippen LogP contribution in [0.2, 0.25) is 0 Å². The van der Waals surface area contributed by atoms with Gasteiger partial charge in [0.15, 0.2) is 0 Å². The summed E-state index contributed by atoms with van der Waals surface area (Å²) in [6.07, 6.45) is 4.69. The number of nitrogens with one attached hydrogen (secondary N) is 1. The Balaban J connectivity index is 2.32. The Bertz CT molecular complexity index is 319. The maximum atomic E-state index is 11.2. The SMILES string of the molecule is Cc1nc(=O)n(C2CCCC2)[nH]1. The lowest BCUT2D eigenvalue weighted by atomic mass is 10.3. The van der Waals surface area contributed by atoms with E-state index in [0.29, 0.717) is 11.9 Å². The quantitative estimate of drug-likeness (QED) is 0.678. The normalized spacial score (nSPS) is 18.8. The van der Waals surface area contributed by atoms with Crippen molar-refractivity contribution >= 4 is 0 Å². The van der Waals surface area contributed by atoms with Crippen molar-refractivity contribution in [2.75, 3.05) is 0 Å². The van der Waals surface area contributed by atoms with Crippen LogP contribution in [0.25, 0.3) is 0 Å². The lowest BCUT2D eigenvalue weighted by Gasteiger charge is -2.07. The average Bonchev–Trinajstić information content (AvgIpc) is 2.58. The molecule has 1 aliphatic rings. The van der Waals surface area contributed by atoms with Gasteiger partial charge in [0.05, 0.1) is 6.04 Å². The molecular formula is C8H13N3O. The van der Waals surface area contributed by atoms with E-state index in [2.05, 4.69) is 10.1 Å². The molecule has 12 heavy (non-hydrogen) atoms. The van der Waals surface area contributed by atoms with Crippen LogP contribution in [0.3, 0.4) is 0 Å². The highest BCUT2D eigenvalue weighted by molar-refractivity contribution is 4.81. The Kier molecular flexibility index (Phi) is 1.75. The third kappa shape index (κ3) is 1.17. The van der Waals surface area contributed by atoms with Crippen molar-refractivity contribution < 1.29 is 0 Å². The lowest BCUT2D eigenvalue weighted by molar-refractivity contribution is 0.450. The minimum Gasteiger partial charge on any atom is -0.281 e. The minimum absolute atomic E-state index is 0.126. The summed E-state index contributed by atoms with van der Waals surface area (Å²) in [5.74, 6) is 0.715. The number of aryl methyl sites for hydroxylation is 1. The first-order valence-electron chi connectivity index (χ1n) is 4.42. The zero-order valence-corrected chi connectivity index (χ0v) is 7.21. The Hall–Kier alpha value is -1.06. The second-order valence-corrected chi connectivity index (χ2v) is 3.40. The molecule has 1 aliphatic carbocycles. The molecule has 0 spiro atoms. The fraction of sp³-hybridized carbons (Fsp3) is 0.750. The van der Waals surface area contributed by atoms with Crippen molar-refractivity contribution in [2.45, 2.75) is 38.6 Å². The van der Waals surface area contributed by atoms with Crippen LogP contribution in [0.15, 0.2) is 4.79 Å². The van der Waals surface area contributed by atoms with Crippen molar-refractivity contribution in [3.63, 3.8) is 0 Å². The van der Waals surface area contributed by atoms with Crippen LogP contribution in [-0.2, 0) is 0 Å². The molecule has 2 rings (SSSR count). The van der Waals surface area contributed by atoms with Crippen molar-refractivity contribution in [1.29, 1.82) is 0 Å². The molecule has 0 atom stereocenters. The average molecular weight is 167 g/mol. The molecule has 4 nitrogen and oxygen atoms in total. The molecule has 0 aliphatic heterocycles. The standard InChI is InChI=1S/C8H13N3O/c1-6-9-8(12)11(10-6)7-4-2-3-5-7/h7H,2-5H2,1H3,(H,9,10,12). The van der Waals surface area contributed by atoms with Crippen LogP contribution >= 0.6 is 0 Å². The van der Waals surface area contributed by atoms with Gasteiger partial charge in [0, 0.05) is 0 Å². The lowest BCUT2D eigenvalue weighted by Crippen LogP contribution is -2.21. The molecule has 0 aromatic carbocycles. The molecule has 0 amide bonds. The number of H-pyrrole nitrogens is 1. The number of nitrogens with zero attached hydrogens (tertiary/aromatic N) is 2. The summed E-state index contributed by atoms with van der Waals surface area (Å²) in [5, 5.41) is 2.98. The molecule has 0 bridgehead atoms. The van der Waals surface area contributed by atoms with E-state index in [-0.39, 0.29) is 5.69 Å². The van der Waals surface area contributed by atoms with Gasteiger partial charge in [-0.2, -0.15) is 4.98 Å². The molecule has 1 heterocycles. The van der Waals surface area contributed by atoms with Crippen molar-refractivity contribution in [2.24, 2.45) is 0 Å². The number of aromatic amines is 1.